The Morgan fingerprint density at radius 3 is 2.60 bits per heavy atom. The van der Waals surface area contributed by atoms with Crippen molar-refractivity contribution in [3.05, 3.63) is 60.7 Å². The molecule has 0 aliphatic rings. The molecule has 2 rings (SSSR count). The summed E-state index contributed by atoms with van der Waals surface area (Å²) < 4.78 is 38.4. The molecule has 0 saturated carbocycles. The molecule has 0 fully saturated rings. The van der Waals surface area contributed by atoms with Crippen LogP contribution in [0, 0.1) is 17.7 Å². The summed E-state index contributed by atoms with van der Waals surface area (Å²) in [5, 5.41) is 0. The minimum Gasteiger partial charge on any atom is -0.495 e. The van der Waals surface area contributed by atoms with E-state index in [2.05, 4.69) is 12.6 Å². The second kappa shape index (κ2) is 6.19. The zero-order chi connectivity index (χ0) is 14.5. The number of hydrogen-bond acceptors (Lipinski definition) is 2. The lowest BCUT2D eigenvalue weighted by Crippen LogP contribution is -1.98. The van der Waals surface area contributed by atoms with Gasteiger partial charge in [-0.1, -0.05) is 30.9 Å². The molecular formula is C16H13F2O2. The predicted octanol–water partition coefficient (Wildman–Crippen LogP) is 4.01. The van der Waals surface area contributed by atoms with Crippen LogP contribution in [0.1, 0.15) is 0 Å². The molecule has 20 heavy (non-hydrogen) atoms. The lowest BCUT2D eigenvalue weighted by atomic mass is 10.0. The summed E-state index contributed by atoms with van der Waals surface area (Å²) in [4.78, 5) is 0. The smallest absolute Gasteiger partial charge is 0.137 e. The van der Waals surface area contributed by atoms with E-state index in [4.69, 9.17) is 9.47 Å². The normalized spacial score (nSPS) is 10.2. The van der Waals surface area contributed by atoms with Crippen LogP contribution in [0.3, 0.4) is 0 Å². The number of para-hydroxylation sites is 1. The van der Waals surface area contributed by atoms with Crippen molar-refractivity contribution in [2.24, 2.45) is 0 Å². The molecule has 103 valence electrons. The van der Waals surface area contributed by atoms with Gasteiger partial charge in [0.2, 0.25) is 0 Å². The summed E-state index contributed by atoms with van der Waals surface area (Å²) in [6.45, 7) is 3.66. The minimum atomic E-state index is -0.720. The maximum Gasteiger partial charge on any atom is 0.137 e. The van der Waals surface area contributed by atoms with Gasteiger partial charge >= 0.3 is 0 Å². The summed E-state index contributed by atoms with van der Waals surface area (Å²) in [7, 11) is 1.42. The molecule has 0 unspecified atom stereocenters. The second-order valence-corrected chi connectivity index (χ2v) is 3.98. The van der Waals surface area contributed by atoms with Crippen LogP contribution in [0.25, 0.3) is 11.1 Å². The van der Waals surface area contributed by atoms with E-state index in [0.29, 0.717) is 5.56 Å². The van der Waals surface area contributed by atoms with Crippen molar-refractivity contribution in [1.29, 1.82) is 0 Å². The van der Waals surface area contributed by atoms with Crippen molar-refractivity contribution in [3.8, 4) is 22.6 Å². The van der Waals surface area contributed by atoms with Crippen LogP contribution in [0.2, 0.25) is 0 Å². The molecule has 0 bridgehead atoms. The van der Waals surface area contributed by atoms with Crippen LogP contribution in [0.4, 0.5) is 8.78 Å². The number of ether oxygens (including phenoxy) is 2. The molecule has 0 aliphatic carbocycles. The standard InChI is InChI=1S/C16H13F2O2/c1-3-8-20-11-9-13(17)16(14(18)10-11)12-6-4-5-7-15(12)19-2/h3-6,9-10H,1,8H2,2H3. The van der Waals surface area contributed by atoms with Gasteiger partial charge < -0.3 is 9.47 Å². The lowest BCUT2D eigenvalue weighted by Gasteiger charge is -2.11. The van der Waals surface area contributed by atoms with Gasteiger partial charge in [0.1, 0.15) is 29.7 Å². The number of methoxy groups -OCH3 is 1. The summed E-state index contributed by atoms with van der Waals surface area (Å²) in [6.07, 6.45) is 1.50. The third-order valence-electron chi connectivity index (χ3n) is 2.68. The summed E-state index contributed by atoms with van der Waals surface area (Å²) >= 11 is 0. The Kier molecular flexibility index (Phi) is 4.35. The van der Waals surface area contributed by atoms with Crippen molar-refractivity contribution >= 4 is 0 Å². The SMILES string of the molecule is C=CCOc1cc(F)c(-c2ccc[c]c2OC)c(F)c1. The molecule has 0 amide bonds. The Morgan fingerprint density at radius 1 is 1.30 bits per heavy atom. The minimum absolute atomic E-state index is 0.113. The third kappa shape index (κ3) is 2.79. The number of halogens is 2. The fourth-order valence-corrected chi connectivity index (χ4v) is 1.83. The molecule has 0 saturated heterocycles. The van der Waals surface area contributed by atoms with E-state index >= 15 is 0 Å². The van der Waals surface area contributed by atoms with Crippen LogP contribution in [-0.2, 0) is 0 Å². The largest absolute Gasteiger partial charge is 0.495 e. The highest BCUT2D eigenvalue weighted by molar-refractivity contribution is 5.71. The van der Waals surface area contributed by atoms with E-state index in [1.165, 1.54) is 13.2 Å². The molecule has 0 heterocycles. The van der Waals surface area contributed by atoms with E-state index in [0.717, 1.165) is 12.1 Å². The Bertz CT molecular complexity index is 601. The average Bonchev–Trinajstić information content (AvgIpc) is 2.45. The zero-order valence-corrected chi connectivity index (χ0v) is 11.0. The van der Waals surface area contributed by atoms with Crippen molar-refractivity contribution in [1.82, 2.24) is 0 Å². The summed E-state index contributed by atoms with van der Waals surface area (Å²) in [6, 6.07) is 9.87. The van der Waals surface area contributed by atoms with E-state index < -0.39 is 11.6 Å². The molecule has 2 aromatic rings. The first-order chi connectivity index (χ1) is 9.67. The van der Waals surface area contributed by atoms with Gasteiger partial charge in [0.25, 0.3) is 0 Å². The van der Waals surface area contributed by atoms with E-state index in [9.17, 15) is 8.78 Å². The molecule has 0 aliphatic heterocycles. The van der Waals surface area contributed by atoms with Gasteiger partial charge in [-0.15, -0.1) is 0 Å². The second-order valence-electron chi connectivity index (χ2n) is 3.98. The van der Waals surface area contributed by atoms with Crippen molar-refractivity contribution in [3.63, 3.8) is 0 Å². The zero-order valence-electron chi connectivity index (χ0n) is 11.0. The predicted molar refractivity (Wildman–Crippen MR) is 72.9 cm³/mol. The van der Waals surface area contributed by atoms with Gasteiger partial charge in [0, 0.05) is 23.8 Å². The van der Waals surface area contributed by atoms with E-state index in [-0.39, 0.29) is 23.7 Å². The lowest BCUT2D eigenvalue weighted by molar-refractivity contribution is 0.358. The van der Waals surface area contributed by atoms with Gasteiger partial charge in [-0.25, -0.2) is 8.78 Å². The third-order valence-corrected chi connectivity index (χ3v) is 2.68. The molecule has 2 aromatic carbocycles. The van der Waals surface area contributed by atoms with Crippen molar-refractivity contribution < 1.29 is 18.3 Å². The highest BCUT2D eigenvalue weighted by Crippen LogP contribution is 2.35. The molecule has 0 atom stereocenters. The Balaban J connectivity index is 2.49. The molecule has 0 aromatic heterocycles. The Morgan fingerprint density at radius 2 is 2.00 bits per heavy atom. The maximum atomic E-state index is 14.1. The van der Waals surface area contributed by atoms with Crippen LogP contribution < -0.4 is 9.47 Å². The Labute approximate surface area is 116 Å². The van der Waals surface area contributed by atoms with Crippen LogP contribution in [-0.4, -0.2) is 13.7 Å². The number of rotatable bonds is 5. The molecule has 2 nitrogen and oxygen atoms in total. The molecule has 0 spiro atoms. The molecule has 0 N–H and O–H groups in total. The van der Waals surface area contributed by atoms with Gasteiger partial charge in [-0.05, 0) is 0 Å². The topological polar surface area (TPSA) is 18.5 Å². The fraction of sp³-hybridized carbons (Fsp3) is 0.125. The highest BCUT2D eigenvalue weighted by Gasteiger charge is 2.17. The van der Waals surface area contributed by atoms with Crippen molar-refractivity contribution in [2.75, 3.05) is 13.7 Å². The first-order valence-corrected chi connectivity index (χ1v) is 5.95. The number of benzene rings is 2. The van der Waals surface area contributed by atoms with E-state index in [1.54, 1.807) is 18.2 Å². The van der Waals surface area contributed by atoms with Gasteiger partial charge in [-0.2, -0.15) is 0 Å². The maximum absolute atomic E-state index is 14.1. The first kappa shape index (κ1) is 14.1. The fourth-order valence-electron chi connectivity index (χ4n) is 1.83. The highest BCUT2D eigenvalue weighted by atomic mass is 19.1. The van der Waals surface area contributed by atoms with Gasteiger partial charge in [0.05, 0.1) is 12.7 Å². The summed E-state index contributed by atoms with van der Waals surface area (Å²) in [5.41, 5.74) is 0.143. The molecular weight excluding hydrogens is 262 g/mol. The van der Waals surface area contributed by atoms with E-state index in [1.807, 2.05) is 0 Å². The van der Waals surface area contributed by atoms with Gasteiger partial charge in [-0.3, -0.25) is 0 Å². The number of hydrogen-bond donors (Lipinski definition) is 0. The summed E-state index contributed by atoms with van der Waals surface area (Å²) in [5.74, 6) is -1.04. The van der Waals surface area contributed by atoms with Crippen LogP contribution in [0.15, 0.2) is 43.0 Å². The quantitative estimate of drug-likeness (QED) is 0.768. The molecule has 4 heteroatoms. The van der Waals surface area contributed by atoms with Crippen LogP contribution >= 0.6 is 0 Å². The molecule has 1 radical (unpaired) electrons. The first-order valence-electron chi connectivity index (χ1n) is 5.95. The Hall–Kier alpha value is -2.36. The van der Waals surface area contributed by atoms with Crippen molar-refractivity contribution in [2.45, 2.75) is 0 Å². The average molecular weight is 275 g/mol. The van der Waals surface area contributed by atoms with Gasteiger partial charge in [0.15, 0.2) is 0 Å². The monoisotopic (exact) mass is 275 g/mol. The van der Waals surface area contributed by atoms with Crippen LogP contribution in [0.5, 0.6) is 11.5 Å².